The van der Waals surface area contributed by atoms with Gasteiger partial charge in [-0.2, -0.15) is 0 Å². The fraction of sp³-hybridized carbons (Fsp3) is 0. The Balaban J connectivity index is 0.00000180. The van der Waals surface area contributed by atoms with Crippen molar-refractivity contribution in [1.29, 1.82) is 0 Å². The van der Waals surface area contributed by atoms with Crippen LogP contribution in [0.15, 0.2) is 54.6 Å². The molecule has 0 aliphatic rings. The van der Waals surface area contributed by atoms with Crippen molar-refractivity contribution in [1.82, 2.24) is 0 Å². The van der Waals surface area contributed by atoms with E-state index in [9.17, 15) is 13.8 Å². The summed E-state index contributed by atoms with van der Waals surface area (Å²) in [6, 6.07) is 12.8. The van der Waals surface area contributed by atoms with Crippen LogP contribution >= 0.6 is 7.82 Å². The fourth-order valence-electron chi connectivity index (χ4n) is 1.26. The molecule has 2 aromatic carbocycles. The summed E-state index contributed by atoms with van der Waals surface area (Å²) in [7, 11) is -4.27. The van der Waals surface area contributed by atoms with Crippen molar-refractivity contribution >= 4 is 7.82 Å². The summed E-state index contributed by atoms with van der Waals surface area (Å²) in [5, 5.41) is 0. The van der Waals surface area contributed by atoms with Crippen LogP contribution in [0.3, 0.4) is 0 Å². The van der Waals surface area contributed by atoms with Gasteiger partial charge in [-0.1, -0.05) is 18.2 Å². The highest BCUT2D eigenvalue weighted by Crippen LogP contribution is 2.44. The van der Waals surface area contributed by atoms with E-state index >= 15 is 0 Å². The van der Waals surface area contributed by atoms with Crippen molar-refractivity contribution in [2.75, 3.05) is 0 Å². The lowest BCUT2D eigenvalue weighted by molar-refractivity contribution is 0.291. The Morgan fingerprint density at radius 2 is 1.37 bits per heavy atom. The summed E-state index contributed by atoms with van der Waals surface area (Å²) in [6.07, 6.45) is 0. The van der Waals surface area contributed by atoms with Crippen LogP contribution in [0.1, 0.15) is 0 Å². The lowest BCUT2D eigenvalue weighted by atomic mass is 10.3. The summed E-state index contributed by atoms with van der Waals surface area (Å²) in [6.45, 7) is 0. The average Bonchev–Trinajstić information content (AvgIpc) is 2.32. The molecule has 0 saturated carbocycles. The van der Waals surface area contributed by atoms with E-state index in [2.05, 4.69) is 0 Å². The molecule has 2 rings (SSSR count). The molecular formula is C12H11F2O4P. The molecule has 0 spiro atoms. The Hall–Kier alpha value is -1.91. The van der Waals surface area contributed by atoms with Crippen LogP contribution in [-0.4, -0.2) is 4.89 Å². The second kappa shape index (κ2) is 6.31. The van der Waals surface area contributed by atoms with E-state index in [1.807, 2.05) is 0 Å². The SMILES string of the molecule is F.O=P(O)(Oc1ccccc1)Oc1ccc(F)cc1. The number of para-hydroxylation sites is 1. The quantitative estimate of drug-likeness (QED) is 0.874. The van der Waals surface area contributed by atoms with Gasteiger partial charge in [-0.25, -0.2) is 8.96 Å². The van der Waals surface area contributed by atoms with E-state index in [1.54, 1.807) is 18.2 Å². The van der Waals surface area contributed by atoms with E-state index in [-0.39, 0.29) is 16.2 Å². The third-order valence-corrected chi connectivity index (χ3v) is 2.88. The number of hydrogen-bond acceptors (Lipinski definition) is 3. The van der Waals surface area contributed by atoms with Crippen LogP contribution < -0.4 is 9.05 Å². The number of benzene rings is 2. The molecule has 0 saturated heterocycles. The Kier molecular flexibility index (Phi) is 5.03. The molecule has 4 nitrogen and oxygen atoms in total. The van der Waals surface area contributed by atoms with Gasteiger partial charge in [0.15, 0.2) is 0 Å². The maximum atomic E-state index is 12.6. The minimum atomic E-state index is -4.27. The summed E-state index contributed by atoms with van der Waals surface area (Å²) in [5.41, 5.74) is 0. The van der Waals surface area contributed by atoms with Gasteiger partial charge in [-0.3, -0.25) is 9.60 Å². The summed E-state index contributed by atoms with van der Waals surface area (Å²) >= 11 is 0. The van der Waals surface area contributed by atoms with E-state index in [4.69, 9.17) is 9.05 Å². The zero-order valence-electron chi connectivity index (χ0n) is 9.60. The fourth-order valence-corrected chi connectivity index (χ4v) is 2.08. The molecule has 7 heteroatoms. The number of hydrogen-bond donors (Lipinski definition) is 1. The lowest BCUT2D eigenvalue weighted by Gasteiger charge is -2.13. The third kappa shape index (κ3) is 4.69. The van der Waals surface area contributed by atoms with Gasteiger partial charge in [0.05, 0.1) is 0 Å². The van der Waals surface area contributed by atoms with Crippen molar-refractivity contribution in [2.24, 2.45) is 0 Å². The van der Waals surface area contributed by atoms with Crippen molar-refractivity contribution in [2.45, 2.75) is 0 Å². The predicted octanol–water partition coefficient (Wildman–Crippen LogP) is 3.54. The average molecular weight is 288 g/mol. The Morgan fingerprint density at radius 3 is 1.89 bits per heavy atom. The van der Waals surface area contributed by atoms with Gasteiger partial charge in [0, 0.05) is 0 Å². The number of rotatable bonds is 4. The standard InChI is InChI=1S/C12H10FO4P.FH/c13-10-6-8-12(9-7-10)17-18(14,15)16-11-4-2-1-3-5-11;/h1-9H,(H,14,15);1H. The molecule has 102 valence electrons. The topological polar surface area (TPSA) is 55.8 Å². The first-order chi connectivity index (χ1) is 8.55. The molecule has 0 aliphatic carbocycles. The van der Waals surface area contributed by atoms with E-state index in [0.717, 1.165) is 12.1 Å². The normalized spacial score (nSPS) is 12.9. The molecule has 0 heterocycles. The largest absolute Gasteiger partial charge is 0.584 e. The van der Waals surface area contributed by atoms with Crippen LogP contribution in [0, 0.1) is 5.82 Å². The monoisotopic (exact) mass is 288 g/mol. The van der Waals surface area contributed by atoms with Gasteiger partial charge < -0.3 is 9.05 Å². The highest BCUT2D eigenvalue weighted by atomic mass is 31.2. The van der Waals surface area contributed by atoms with Crippen molar-refractivity contribution in [3.05, 3.63) is 60.4 Å². The first-order valence-corrected chi connectivity index (χ1v) is 6.57. The van der Waals surface area contributed by atoms with Crippen LogP contribution in [0.2, 0.25) is 0 Å². The maximum absolute atomic E-state index is 12.6. The zero-order valence-corrected chi connectivity index (χ0v) is 10.5. The molecule has 0 aromatic heterocycles. The Bertz CT molecular complexity index is 560. The first kappa shape index (κ1) is 15.1. The molecule has 0 aliphatic heterocycles. The van der Waals surface area contributed by atoms with Crippen molar-refractivity contribution < 1.29 is 27.6 Å². The molecule has 1 unspecified atom stereocenters. The zero-order chi connectivity index (χ0) is 13.0. The molecule has 19 heavy (non-hydrogen) atoms. The van der Waals surface area contributed by atoms with Crippen molar-refractivity contribution in [3.63, 3.8) is 0 Å². The smallest absolute Gasteiger partial charge is 0.395 e. The van der Waals surface area contributed by atoms with E-state index in [0.29, 0.717) is 0 Å². The first-order valence-electron chi connectivity index (χ1n) is 5.08. The highest BCUT2D eigenvalue weighted by molar-refractivity contribution is 7.48. The van der Waals surface area contributed by atoms with Crippen molar-refractivity contribution in [3.8, 4) is 11.5 Å². The molecule has 2 aromatic rings. The second-order valence-electron chi connectivity index (χ2n) is 3.42. The highest BCUT2D eigenvalue weighted by Gasteiger charge is 2.24. The molecule has 0 amide bonds. The number of halogens is 2. The van der Waals surface area contributed by atoms with Crippen LogP contribution in [0.4, 0.5) is 9.09 Å². The molecule has 0 bridgehead atoms. The van der Waals surface area contributed by atoms with Crippen LogP contribution in [0.25, 0.3) is 0 Å². The van der Waals surface area contributed by atoms with Gasteiger partial charge in [0.25, 0.3) is 0 Å². The Labute approximate surface area is 108 Å². The van der Waals surface area contributed by atoms with Gasteiger partial charge in [-0.15, -0.1) is 0 Å². The summed E-state index contributed by atoms with van der Waals surface area (Å²) in [4.78, 5) is 9.51. The Morgan fingerprint density at radius 1 is 0.895 bits per heavy atom. The van der Waals surface area contributed by atoms with E-state index < -0.39 is 13.6 Å². The molecule has 1 N–H and O–H groups in total. The van der Waals surface area contributed by atoms with Crippen LogP contribution in [0.5, 0.6) is 11.5 Å². The minimum absolute atomic E-state index is 0. The van der Waals surface area contributed by atoms with E-state index in [1.165, 1.54) is 24.3 Å². The predicted molar refractivity (Wildman–Crippen MR) is 66.4 cm³/mol. The second-order valence-corrected chi connectivity index (χ2v) is 4.72. The molecule has 0 fully saturated rings. The summed E-state index contributed by atoms with van der Waals surface area (Å²) in [5.74, 6) is -0.192. The minimum Gasteiger partial charge on any atom is -0.395 e. The number of phosphoric acid groups is 1. The van der Waals surface area contributed by atoms with Crippen LogP contribution in [-0.2, 0) is 4.57 Å². The molecule has 1 atom stereocenters. The van der Waals surface area contributed by atoms with Gasteiger partial charge in [-0.05, 0) is 36.4 Å². The maximum Gasteiger partial charge on any atom is 0.584 e. The number of phosphoric ester groups is 1. The summed E-state index contributed by atoms with van der Waals surface area (Å²) < 4.78 is 33.9. The van der Waals surface area contributed by atoms with Gasteiger partial charge >= 0.3 is 7.82 Å². The third-order valence-electron chi connectivity index (χ3n) is 2.00. The molecule has 0 radical (unpaired) electrons. The molecular weight excluding hydrogens is 277 g/mol. The van der Waals surface area contributed by atoms with Gasteiger partial charge in [0.2, 0.25) is 0 Å². The van der Waals surface area contributed by atoms with Gasteiger partial charge in [0.1, 0.15) is 17.3 Å². The lowest BCUT2D eigenvalue weighted by Crippen LogP contribution is -1.99.